The van der Waals surface area contributed by atoms with Crippen molar-refractivity contribution in [2.45, 2.75) is 33.4 Å². The average molecular weight is 237 g/mol. The van der Waals surface area contributed by atoms with Gasteiger partial charge in [-0.25, -0.2) is 0 Å². The molecule has 0 unspecified atom stereocenters. The van der Waals surface area contributed by atoms with Crippen LogP contribution in [0.15, 0.2) is 18.3 Å². The van der Waals surface area contributed by atoms with Crippen molar-refractivity contribution >= 4 is 17.2 Å². The topological polar surface area (TPSA) is 42.2 Å². The summed E-state index contributed by atoms with van der Waals surface area (Å²) in [4.78, 5) is 6.95. The Morgan fingerprint density at radius 1 is 1.56 bits per heavy atom. The Morgan fingerprint density at radius 3 is 2.75 bits per heavy atom. The van der Waals surface area contributed by atoms with Gasteiger partial charge in [-0.05, 0) is 32.0 Å². The highest BCUT2D eigenvalue weighted by Gasteiger charge is 2.12. The Morgan fingerprint density at radius 2 is 2.25 bits per heavy atom. The van der Waals surface area contributed by atoms with Gasteiger partial charge in [0.1, 0.15) is 10.7 Å². The van der Waals surface area contributed by atoms with Crippen molar-refractivity contribution in [1.29, 1.82) is 0 Å². The molecule has 0 radical (unpaired) electrons. The zero-order valence-corrected chi connectivity index (χ0v) is 10.9. The SMILES string of the molecule is CCN(Cc1cccnc1C(N)=S)C(C)C. The molecule has 0 bridgehead atoms. The Kier molecular flexibility index (Phi) is 4.83. The fourth-order valence-corrected chi connectivity index (χ4v) is 1.85. The molecule has 0 aromatic carbocycles. The van der Waals surface area contributed by atoms with Crippen LogP contribution in [-0.4, -0.2) is 27.5 Å². The van der Waals surface area contributed by atoms with Crippen molar-refractivity contribution in [3.63, 3.8) is 0 Å². The first-order chi connectivity index (χ1) is 7.56. The summed E-state index contributed by atoms with van der Waals surface area (Å²) in [6.45, 7) is 8.36. The monoisotopic (exact) mass is 237 g/mol. The van der Waals surface area contributed by atoms with E-state index in [0.29, 0.717) is 11.0 Å². The predicted molar refractivity (Wildman–Crippen MR) is 71.3 cm³/mol. The molecule has 0 amide bonds. The van der Waals surface area contributed by atoms with E-state index in [1.54, 1.807) is 6.20 Å². The number of hydrogen-bond acceptors (Lipinski definition) is 3. The second-order valence-electron chi connectivity index (χ2n) is 4.03. The van der Waals surface area contributed by atoms with Crippen LogP contribution in [0.25, 0.3) is 0 Å². The number of thiocarbonyl (C=S) groups is 1. The fourth-order valence-electron chi connectivity index (χ4n) is 1.67. The van der Waals surface area contributed by atoms with E-state index in [1.165, 1.54) is 0 Å². The Hall–Kier alpha value is -1.00. The summed E-state index contributed by atoms with van der Waals surface area (Å²) in [6.07, 6.45) is 1.73. The first-order valence-corrected chi connectivity index (χ1v) is 5.94. The van der Waals surface area contributed by atoms with Gasteiger partial charge in [0, 0.05) is 18.8 Å². The Labute approximate surface area is 103 Å². The lowest BCUT2D eigenvalue weighted by Crippen LogP contribution is -2.31. The number of pyridine rings is 1. The standard InChI is InChI=1S/C12H19N3S/c1-4-15(9(2)3)8-10-6-5-7-14-11(10)12(13)16/h5-7,9H,4,8H2,1-3H3,(H2,13,16). The number of nitrogens with two attached hydrogens (primary N) is 1. The largest absolute Gasteiger partial charge is 0.388 e. The minimum atomic E-state index is 0.371. The lowest BCUT2D eigenvalue weighted by Gasteiger charge is -2.25. The summed E-state index contributed by atoms with van der Waals surface area (Å²) >= 11 is 5.00. The average Bonchev–Trinajstić information content (AvgIpc) is 2.25. The van der Waals surface area contributed by atoms with Gasteiger partial charge < -0.3 is 5.73 Å². The highest BCUT2D eigenvalue weighted by Crippen LogP contribution is 2.11. The van der Waals surface area contributed by atoms with E-state index >= 15 is 0 Å². The highest BCUT2D eigenvalue weighted by molar-refractivity contribution is 7.80. The van der Waals surface area contributed by atoms with Crippen molar-refractivity contribution in [2.75, 3.05) is 6.54 Å². The van der Waals surface area contributed by atoms with Crippen LogP contribution >= 0.6 is 12.2 Å². The molecule has 0 aliphatic carbocycles. The van der Waals surface area contributed by atoms with E-state index in [4.69, 9.17) is 18.0 Å². The van der Waals surface area contributed by atoms with Crippen molar-refractivity contribution in [3.05, 3.63) is 29.6 Å². The van der Waals surface area contributed by atoms with Gasteiger partial charge in [0.2, 0.25) is 0 Å². The second kappa shape index (κ2) is 5.92. The molecule has 0 fully saturated rings. The number of hydrogen-bond donors (Lipinski definition) is 1. The van der Waals surface area contributed by atoms with Gasteiger partial charge in [0.15, 0.2) is 0 Å². The molecule has 0 aliphatic rings. The van der Waals surface area contributed by atoms with Crippen LogP contribution in [0.2, 0.25) is 0 Å². The first kappa shape index (κ1) is 13.1. The summed E-state index contributed by atoms with van der Waals surface area (Å²) in [5, 5.41) is 0. The summed E-state index contributed by atoms with van der Waals surface area (Å²) in [7, 11) is 0. The number of aromatic nitrogens is 1. The zero-order chi connectivity index (χ0) is 12.1. The fraction of sp³-hybridized carbons (Fsp3) is 0.500. The molecular formula is C12H19N3S. The lowest BCUT2D eigenvalue weighted by atomic mass is 10.1. The third-order valence-electron chi connectivity index (χ3n) is 2.63. The molecule has 0 aliphatic heterocycles. The minimum absolute atomic E-state index is 0.371. The molecule has 1 aromatic rings. The van der Waals surface area contributed by atoms with Gasteiger partial charge in [-0.1, -0.05) is 25.2 Å². The zero-order valence-electron chi connectivity index (χ0n) is 10.1. The maximum absolute atomic E-state index is 5.66. The summed E-state index contributed by atoms with van der Waals surface area (Å²) in [6, 6.07) is 4.46. The van der Waals surface area contributed by atoms with Gasteiger partial charge in [-0.2, -0.15) is 0 Å². The van der Waals surface area contributed by atoms with Crippen molar-refractivity contribution in [3.8, 4) is 0 Å². The molecule has 0 saturated carbocycles. The van der Waals surface area contributed by atoms with Crippen LogP contribution < -0.4 is 5.73 Å². The number of rotatable bonds is 5. The van der Waals surface area contributed by atoms with Crippen LogP contribution in [0.1, 0.15) is 32.0 Å². The molecule has 0 spiro atoms. The molecule has 0 saturated heterocycles. The lowest BCUT2D eigenvalue weighted by molar-refractivity contribution is 0.224. The van der Waals surface area contributed by atoms with Crippen LogP contribution in [0.4, 0.5) is 0 Å². The molecule has 1 heterocycles. The summed E-state index contributed by atoms with van der Waals surface area (Å²) < 4.78 is 0. The summed E-state index contributed by atoms with van der Waals surface area (Å²) in [5.41, 5.74) is 7.51. The number of nitrogens with zero attached hydrogens (tertiary/aromatic N) is 2. The maximum Gasteiger partial charge on any atom is 0.123 e. The van der Waals surface area contributed by atoms with Crippen LogP contribution in [-0.2, 0) is 6.54 Å². The van der Waals surface area contributed by atoms with Gasteiger partial charge in [-0.3, -0.25) is 9.88 Å². The van der Waals surface area contributed by atoms with Gasteiger partial charge in [-0.15, -0.1) is 0 Å². The third-order valence-corrected chi connectivity index (χ3v) is 2.83. The molecule has 1 rings (SSSR count). The van der Waals surface area contributed by atoms with E-state index < -0.39 is 0 Å². The molecule has 16 heavy (non-hydrogen) atoms. The van der Waals surface area contributed by atoms with Crippen molar-refractivity contribution < 1.29 is 0 Å². The van der Waals surface area contributed by atoms with Crippen molar-refractivity contribution in [2.24, 2.45) is 5.73 Å². The van der Waals surface area contributed by atoms with Gasteiger partial charge in [0.25, 0.3) is 0 Å². The molecule has 4 heteroatoms. The minimum Gasteiger partial charge on any atom is -0.388 e. The van der Waals surface area contributed by atoms with Crippen molar-refractivity contribution in [1.82, 2.24) is 9.88 Å². The van der Waals surface area contributed by atoms with Crippen LogP contribution in [0.5, 0.6) is 0 Å². The van der Waals surface area contributed by atoms with Crippen LogP contribution in [0, 0.1) is 0 Å². The molecule has 88 valence electrons. The Balaban J connectivity index is 2.91. The third kappa shape index (κ3) is 3.25. The van der Waals surface area contributed by atoms with E-state index in [-0.39, 0.29) is 0 Å². The Bertz CT molecular complexity index is 363. The molecule has 2 N–H and O–H groups in total. The van der Waals surface area contributed by atoms with Gasteiger partial charge >= 0.3 is 0 Å². The normalized spacial score (nSPS) is 11.1. The van der Waals surface area contributed by atoms with Gasteiger partial charge in [0.05, 0.1) is 0 Å². The first-order valence-electron chi connectivity index (χ1n) is 5.54. The second-order valence-corrected chi connectivity index (χ2v) is 4.47. The highest BCUT2D eigenvalue weighted by atomic mass is 32.1. The van der Waals surface area contributed by atoms with E-state index in [2.05, 4.69) is 30.7 Å². The summed E-state index contributed by atoms with van der Waals surface area (Å²) in [5.74, 6) is 0. The quantitative estimate of drug-likeness (QED) is 0.795. The van der Waals surface area contributed by atoms with E-state index in [0.717, 1.165) is 24.3 Å². The van der Waals surface area contributed by atoms with Crippen LogP contribution in [0.3, 0.4) is 0 Å². The molecule has 1 aromatic heterocycles. The van der Waals surface area contributed by atoms with E-state index in [9.17, 15) is 0 Å². The van der Waals surface area contributed by atoms with E-state index in [1.807, 2.05) is 12.1 Å². The molecule has 0 atom stereocenters. The molecular weight excluding hydrogens is 218 g/mol. The smallest absolute Gasteiger partial charge is 0.123 e. The predicted octanol–water partition coefficient (Wildman–Crippen LogP) is 1.95. The molecule has 3 nitrogen and oxygen atoms in total. The maximum atomic E-state index is 5.66.